The van der Waals surface area contributed by atoms with Gasteiger partial charge in [0.1, 0.15) is 11.5 Å². The zero-order chi connectivity index (χ0) is 14.4. The maximum absolute atomic E-state index is 12.1. The summed E-state index contributed by atoms with van der Waals surface area (Å²) in [6.45, 7) is 2.53. The second kappa shape index (κ2) is 6.61. The molecule has 104 valence electrons. The third-order valence-electron chi connectivity index (χ3n) is 2.76. The maximum Gasteiger partial charge on any atom is 0.255 e. The lowest BCUT2D eigenvalue weighted by molar-refractivity contribution is 0.102. The van der Waals surface area contributed by atoms with Gasteiger partial charge in [0, 0.05) is 17.3 Å². The van der Waals surface area contributed by atoms with Crippen molar-refractivity contribution in [3.05, 3.63) is 54.1 Å². The average Bonchev–Trinajstić information content (AvgIpc) is 2.48. The predicted octanol–water partition coefficient (Wildman–Crippen LogP) is 3.35. The number of amides is 1. The smallest absolute Gasteiger partial charge is 0.255 e. The molecular formula is C16H17NO3. The normalized spacial score (nSPS) is 9.90. The Balaban J connectivity index is 2.07. The zero-order valence-electron chi connectivity index (χ0n) is 11.6. The zero-order valence-corrected chi connectivity index (χ0v) is 11.6. The lowest BCUT2D eigenvalue weighted by atomic mass is 10.2. The van der Waals surface area contributed by atoms with Gasteiger partial charge in [-0.1, -0.05) is 6.07 Å². The molecule has 0 saturated heterocycles. The minimum Gasteiger partial charge on any atom is -0.497 e. The van der Waals surface area contributed by atoms with Gasteiger partial charge in [-0.25, -0.2) is 0 Å². The van der Waals surface area contributed by atoms with Crippen LogP contribution in [-0.4, -0.2) is 19.6 Å². The molecule has 0 spiro atoms. The first-order valence-electron chi connectivity index (χ1n) is 6.41. The first-order chi connectivity index (χ1) is 9.72. The molecule has 0 saturated carbocycles. The largest absolute Gasteiger partial charge is 0.497 e. The van der Waals surface area contributed by atoms with Crippen molar-refractivity contribution in [2.24, 2.45) is 0 Å². The topological polar surface area (TPSA) is 47.6 Å². The van der Waals surface area contributed by atoms with Crippen LogP contribution in [0.25, 0.3) is 0 Å². The predicted molar refractivity (Wildman–Crippen MR) is 78.6 cm³/mol. The molecule has 0 atom stereocenters. The third kappa shape index (κ3) is 3.51. The van der Waals surface area contributed by atoms with Gasteiger partial charge < -0.3 is 14.8 Å². The Labute approximate surface area is 118 Å². The molecular weight excluding hydrogens is 254 g/mol. The fraction of sp³-hybridized carbons (Fsp3) is 0.188. The van der Waals surface area contributed by atoms with Crippen molar-refractivity contribution >= 4 is 11.6 Å². The minimum absolute atomic E-state index is 0.165. The molecule has 0 fully saturated rings. The number of hydrogen-bond acceptors (Lipinski definition) is 3. The van der Waals surface area contributed by atoms with Crippen LogP contribution >= 0.6 is 0 Å². The van der Waals surface area contributed by atoms with E-state index >= 15 is 0 Å². The Morgan fingerprint density at radius 3 is 2.50 bits per heavy atom. The molecule has 0 aliphatic heterocycles. The molecule has 0 heterocycles. The number of ether oxygens (including phenoxy) is 2. The van der Waals surface area contributed by atoms with Crippen LogP contribution in [0, 0.1) is 0 Å². The van der Waals surface area contributed by atoms with Crippen molar-refractivity contribution in [2.45, 2.75) is 6.92 Å². The Bertz CT molecular complexity index is 579. The fourth-order valence-electron chi connectivity index (χ4n) is 1.77. The van der Waals surface area contributed by atoms with Gasteiger partial charge in [-0.15, -0.1) is 0 Å². The molecule has 1 N–H and O–H groups in total. The highest BCUT2D eigenvalue weighted by Gasteiger charge is 2.06. The highest BCUT2D eigenvalue weighted by atomic mass is 16.5. The van der Waals surface area contributed by atoms with Crippen molar-refractivity contribution in [3.63, 3.8) is 0 Å². The number of benzene rings is 2. The second-order valence-corrected chi connectivity index (χ2v) is 4.14. The van der Waals surface area contributed by atoms with Crippen LogP contribution in [0.2, 0.25) is 0 Å². The van der Waals surface area contributed by atoms with Crippen LogP contribution in [0.15, 0.2) is 48.5 Å². The number of rotatable bonds is 5. The molecule has 2 aromatic carbocycles. The van der Waals surface area contributed by atoms with Crippen LogP contribution in [0.1, 0.15) is 17.3 Å². The molecule has 0 radical (unpaired) electrons. The van der Waals surface area contributed by atoms with Crippen LogP contribution in [0.5, 0.6) is 11.5 Å². The first kappa shape index (κ1) is 13.9. The molecule has 4 heteroatoms. The molecule has 1 amide bonds. The van der Waals surface area contributed by atoms with E-state index in [9.17, 15) is 4.79 Å². The Morgan fingerprint density at radius 1 is 1.10 bits per heavy atom. The number of carbonyl (C=O) groups is 1. The molecule has 2 aromatic rings. The number of anilines is 1. The molecule has 4 nitrogen and oxygen atoms in total. The quantitative estimate of drug-likeness (QED) is 0.907. The molecule has 0 aliphatic carbocycles. The van der Waals surface area contributed by atoms with Gasteiger partial charge in [0.25, 0.3) is 5.91 Å². The summed E-state index contributed by atoms with van der Waals surface area (Å²) in [4.78, 5) is 12.1. The highest BCUT2D eigenvalue weighted by Crippen LogP contribution is 2.18. The van der Waals surface area contributed by atoms with Gasteiger partial charge in [0.2, 0.25) is 0 Å². The summed E-state index contributed by atoms with van der Waals surface area (Å²) in [6, 6.07) is 14.3. The van der Waals surface area contributed by atoms with E-state index in [4.69, 9.17) is 9.47 Å². The standard InChI is InChI=1S/C16H17NO3/c1-3-20-14-9-7-12(8-10-14)16(18)17-13-5-4-6-15(11-13)19-2/h4-11H,3H2,1-2H3,(H,17,18). The van der Waals surface area contributed by atoms with E-state index < -0.39 is 0 Å². The van der Waals surface area contributed by atoms with E-state index in [1.807, 2.05) is 25.1 Å². The number of hydrogen-bond donors (Lipinski definition) is 1. The summed E-state index contributed by atoms with van der Waals surface area (Å²) in [5.41, 5.74) is 1.28. The van der Waals surface area contributed by atoms with Crippen LogP contribution in [-0.2, 0) is 0 Å². The van der Waals surface area contributed by atoms with Gasteiger partial charge in [-0.05, 0) is 43.3 Å². The highest BCUT2D eigenvalue weighted by molar-refractivity contribution is 6.04. The van der Waals surface area contributed by atoms with E-state index in [1.54, 1.807) is 37.4 Å². The van der Waals surface area contributed by atoms with Gasteiger partial charge in [0.15, 0.2) is 0 Å². The van der Waals surface area contributed by atoms with Crippen molar-refractivity contribution in [1.29, 1.82) is 0 Å². The molecule has 0 aliphatic rings. The number of methoxy groups -OCH3 is 1. The monoisotopic (exact) mass is 271 g/mol. The van der Waals surface area contributed by atoms with Gasteiger partial charge in [0.05, 0.1) is 13.7 Å². The first-order valence-corrected chi connectivity index (χ1v) is 6.41. The Morgan fingerprint density at radius 2 is 1.85 bits per heavy atom. The third-order valence-corrected chi connectivity index (χ3v) is 2.76. The van der Waals surface area contributed by atoms with Crippen molar-refractivity contribution in [2.75, 3.05) is 19.0 Å². The van der Waals surface area contributed by atoms with Gasteiger partial charge in [-0.3, -0.25) is 4.79 Å². The molecule has 0 bridgehead atoms. The summed E-state index contributed by atoms with van der Waals surface area (Å²) in [7, 11) is 1.59. The van der Waals surface area contributed by atoms with E-state index in [0.717, 1.165) is 5.75 Å². The molecule has 2 rings (SSSR count). The lowest BCUT2D eigenvalue weighted by Gasteiger charge is -2.08. The van der Waals surface area contributed by atoms with Crippen LogP contribution in [0.4, 0.5) is 5.69 Å². The number of nitrogens with one attached hydrogen (secondary N) is 1. The summed E-state index contributed by atoms with van der Waals surface area (Å²) in [5.74, 6) is 1.29. The molecule has 0 unspecified atom stereocenters. The van der Waals surface area contributed by atoms with Crippen LogP contribution in [0.3, 0.4) is 0 Å². The van der Waals surface area contributed by atoms with E-state index in [1.165, 1.54) is 0 Å². The maximum atomic E-state index is 12.1. The Hall–Kier alpha value is -2.49. The van der Waals surface area contributed by atoms with E-state index in [0.29, 0.717) is 23.6 Å². The van der Waals surface area contributed by atoms with Gasteiger partial charge >= 0.3 is 0 Å². The van der Waals surface area contributed by atoms with E-state index in [2.05, 4.69) is 5.32 Å². The molecule has 0 aromatic heterocycles. The second-order valence-electron chi connectivity index (χ2n) is 4.14. The molecule has 20 heavy (non-hydrogen) atoms. The fourth-order valence-corrected chi connectivity index (χ4v) is 1.77. The van der Waals surface area contributed by atoms with Crippen LogP contribution < -0.4 is 14.8 Å². The van der Waals surface area contributed by atoms with Gasteiger partial charge in [-0.2, -0.15) is 0 Å². The SMILES string of the molecule is CCOc1ccc(C(=O)Nc2cccc(OC)c2)cc1. The van der Waals surface area contributed by atoms with Crippen molar-refractivity contribution < 1.29 is 14.3 Å². The summed E-state index contributed by atoms with van der Waals surface area (Å²) < 4.78 is 10.5. The average molecular weight is 271 g/mol. The number of carbonyl (C=O) groups excluding carboxylic acids is 1. The van der Waals surface area contributed by atoms with Crippen molar-refractivity contribution in [3.8, 4) is 11.5 Å². The Kier molecular flexibility index (Phi) is 4.60. The summed E-state index contributed by atoms with van der Waals surface area (Å²) >= 11 is 0. The lowest BCUT2D eigenvalue weighted by Crippen LogP contribution is -2.11. The van der Waals surface area contributed by atoms with Crippen molar-refractivity contribution in [1.82, 2.24) is 0 Å². The minimum atomic E-state index is -0.165. The van der Waals surface area contributed by atoms with E-state index in [-0.39, 0.29) is 5.91 Å². The summed E-state index contributed by atoms with van der Waals surface area (Å²) in [5, 5.41) is 2.82. The summed E-state index contributed by atoms with van der Waals surface area (Å²) in [6.07, 6.45) is 0.